The summed E-state index contributed by atoms with van der Waals surface area (Å²) in [5.74, 6) is -2.58. The molecule has 26 heavy (non-hydrogen) atoms. The lowest BCUT2D eigenvalue weighted by Crippen LogP contribution is -2.33. The zero-order valence-electron chi connectivity index (χ0n) is 13.7. The van der Waals surface area contributed by atoms with Crippen LogP contribution in [0.2, 0.25) is 5.02 Å². The van der Waals surface area contributed by atoms with Gasteiger partial charge < -0.3 is 10.2 Å². The number of carboxylic acids is 2. The molecule has 0 spiro atoms. The van der Waals surface area contributed by atoms with Gasteiger partial charge in [-0.25, -0.2) is 18.0 Å². The number of para-hydroxylation sites is 1. The van der Waals surface area contributed by atoms with E-state index in [1.807, 2.05) is 0 Å². The number of carbonyl (C=O) groups is 2. The minimum absolute atomic E-state index is 0.000253. The highest BCUT2D eigenvalue weighted by Crippen LogP contribution is 2.31. The van der Waals surface area contributed by atoms with Gasteiger partial charge in [-0.05, 0) is 36.8 Å². The van der Waals surface area contributed by atoms with E-state index in [2.05, 4.69) is 0 Å². The van der Waals surface area contributed by atoms with Gasteiger partial charge in [0.15, 0.2) is 0 Å². The Morgan fingerprint density at radius 3 is 2.31 bits per heavy atom. The molecule has 0 saturated heterocycles. The van der Waals surface area contributed by atoms with Gasteiger partial charge in [-0.3, -0.25) is 4.31 Å². The van der Waals surface area contributed by atoms with Crippen molar-refractivity contribution in [1.82, 2.24) is 0 Å². The summed E-state index contributed by atoms with van der Waals surface area (Å²) in [6.07, 6.45) is 0.406. The Kier molecular flexibility index (Phi) is 5.89. The van der Waals surface area contributed by atoms with Crippen molar-refractivity contribution in [2.24, 2.45) is 0 Å². The van der Waals surface area contributed by atoms with Crippen LogP contribution < -0.4 is 4.31 Å². The van der Waals surface area contributed by atoms with Crippen LogP contribution in [0.5, 0.6) is 0 Å². The van der Waals surface area contributed by atoms with Gasteiger partial charge in [0.1, 0.15) is 4.90 Å². The van der Waals surface area contributed by atoms with Crippen LogP contribution in [0.15, 0.2) is 47.4 Å². The van der Waals surface area contributed by atoms with Crippen LogP contribution in [0.1, 0.15) is 34.1 Å². The number of halogens is 1. The first-order valence-corrected chi connectivity index (χ1v) is 9.39. The van der Waals surface area contributed by atoms with Crippen LogP contribution in [-0.2, 0) is 10.0 Å². The molecule has 0 bridgehead atoms. The summed E-state index contributed by atoms with van der Waals surface area (Å²) in [5.41, 5.74) is -0.440. The van der Waals surface area contributed by atoms with Gasteiger partial charge in [0, 0.05) is 6.54 Å². The normalized spacial score (nSPS) is 11.2. The lowest BCUT2D eigenvalue weighted by atomic mass is 10.2. The quantitative estimate of drug-likeness (QED) is 0.740. The third kappa shape index (κ3) is 3.81. The monoisotopic (exact) mass is 397 g/mol. The van der Waals surface area contributed by atoms with Crippen LogP contribution in [0.3, 0.4) is 0 Å². The molecule has 0 aromatic heterocycles. The van der Waals surface area contributed by atoms with E-state index >= 15 is 0 Å². The molecule has 2 N–H and O–H groups in total. The molecule has 0 heterocycles. The summed E-state index contributed by atoms with van der Waals surface area (Å²) in [4.78, 5) is 22.3. The average Bonchev–Trinajstić information content (AvgIpc) is 2.59. The molecule has 0 unspecified atom stereocenters. The molecule has 138 valence electrons. The van der Waals surface area contributed by atoms with Crippen molar-refractivity contribution in [3.8, 4) is 0 Å². The topological polar surface area (TPSA) is 112 Å². The second-order valence-corrected chi connectivity index (χ2v) is 7.59. The Morgan fingerprint density at radius 1 is 1.08 bits per heavy atom. The zero-order chi connectivity index (χ0) is 19.5. The van der Waals surface area contributed by atoms with Gasteiger partial charge in [0.2, 0.25) is 0 Å². The second kappa shape index (κ2) is 7.76. The standard InChI is InChI=1S/C17H16ClNO6S/c1-2-9-19(14-6-4-3-5-12(14)17(22)23)26(24,25)15-10-11(16(20)21)7-8-13(15)18/h3-8,10H,2,9H2,1H3,(H,20,21)(H,22,23). The highest BCUT2D eigenvalue weighted by atomic mass is 35.5. The molecule has 0 fully saturated rings. The summed E-state index contributed by atoms with van der Waals surface area (Å²) in [5, 5.41) is 18.3. The Labute approximate surface area is 155 Å². The number of carboxylic acid groups (broad SMARTS) is 2. The molecule has 2 aromatic rings. The molecular formula is C17H16ClNO6S. The Balaban J connectivity index is 2.70. The number of rotatable bonds is 7. The summed E-state index contributed by atoms with van der Waals surface area (Å²) >= 11 is 6.00. The fourth-order valence-corrected chi connectivity index (χ4v) is 4.48. The molecular weight excluding hydrogens is 382 g/mol. The van der Waals surface area contributed by atoms with Gasteiger partial charge in [-0.15, -0.1) is 0 Å². The van der Waals surface area contributed by atoms with Crippen LogP contribution >= 0.6 is 11.6 Å². The van der Waals surface area contributed by atoms with Gasteiger partial charge >= 0.3 is 11.9 Å². The smallest absolute Gasteiger partial charge is 0.337 e. The molecule has 7 nitrogen and oxygen atoms in total. The van der Waals surface area contributed by atoms with E-state index in [0.717, 1.165) is 10.4 Å². The first-order chi connectivity index (χ1) is 12.2. The van der Waals surface area contributed by atoms with Crippen molar-refractivity contribution in [1.29, 1.82) is 0 Å². The minimum atomic E-state index is -4.28. The number of anilines is 1. The van der Waals surface area contributed by atoms with Crippen molar-refractivity contribution in [3.05, 3.63) is 58.6 Å². The third-order valence-electron chi connectivity index (χ3n) is 3.58. The van der Waals surface area contributed by atoms with E-state index < -0.39 is 26.9 Å². The molecule has 0 radical (unpaired) electrons. The van der Waals surface area contributed by atoms with E-state index in [1.165, 1.54) is 36.4 Å². The van der Waals surface area contributed by atoms with Crippen molar-refractivity contribution in [2.75, 3.05) is 10.8 Å². The summed E-state index contributed by atoms with van der Waals surface area (Å²) < 4.78 is 27.2. The molecule has 9 heteroatoms. The van der Waals surface area contributed by atoms with Crippen molar-refractivity contribution in [2.45, 2.75) is 18.2 Å². The first-order valence-electron chi connectivity index (χ1n) is 7.58. The van der Waals surface area contributed by atoms with Gasteiger partial charge in [-0.1, -0.05) is 30.7 Å². The maximum atomic E-state index is 13.1. The van der Waals surface area contributed by atoms with Gasteiger partial charge in [-0.2, -0.15) is 0 Å². The molecule has 0 aliphatic heterocycles. The van der Waals surface area contributed by atoms with Crippen molar-refractivity contribution in [3.63, 3.8) is 0 Å². The largest absolute Gasteiger partial charge is 0.478 e. The SMILES string of the molecule is CCCN(c1ccccc1C(=O)O)S(=O)(=O)c1cc(C(=O)O)ccc1Cl. The fraction of sp³-hybridized carbons (Fsp3) is 0.176. The maximum Gasteiger partial charge on any atom is 0.337 e. The van der Waals surface area contributed by atoms with Gasteiger partial charge in [0.05, 0.1) is 21.8 Å². The van der Waals surface area contributed by atoms with Gasteiger partial charge in [0.25, 0.3) is 10.0 Å². The predicted molar refractivity (Wildman–Crippen MR) is 96.6 cm³/mol. The number of hydrogen-bond donors (Lipinski definition) is 2. The maximum absolute atomic E-state index is 13.1. The Morgan fingerprint density at radius 2 is 1.73 bits per heavy atom. The van der Waals surface area contributed by atoms with E-state index in [-0.39, 0.29) is 28.4 Å². The summed E-state index contributed by atoms with van der Waals surface area (Å²) in [7, 11) is -4.28. The second-order valence-electron chi connectivity index (χ2n) is 5.35. The Hall–Kier alpha value is -2.58. The highest BCUT2D eigenvalue weighted by Gasteiger charge is 2.30. The summed E-state index contributed by atoms with van der Waals surface area (Å²) in [6.45, 7) is 1.74. The molecule has 0 amide bonds. The summed E-state index contributed by atoms with van der Waals surface area (Å²) in [6, 6.07) is 9.03. The molecule has 0 aliphatic rings. The highest BCUT2D eigenvalue weighted by molar-refractivity contribution is 7.93. The van der Waals surface area contributed by atoms with Crippen LogP contribution in [0, 0.1) is 0 Å². The fourth-order valence-electron chi connectivity index (χ4n) is 2.40. The van der Waals surface area contributed by atoms with E-state index in [1.54, 1.807) is 6.92 Å². The minimum Gasteiger partial charge on any atom is -0.478 e. The lowest BCUT2D eigenvalue weighted by molar-refractivity contribution is 0.0686. The Bertz CT molecular complexity index is 957. The van der Waals surface area contributed by atoms with Crippen LogP contribution in [0.25, 0.3) is 0 Å². The predicted octanol–water partition coefficient (Wildman–Crippen LogP) is 3.34. The number of benzene rings is 2. The number of sulfonamides is 1. The van der Waals surface area contributed by atoms with E-state index in [4.69, 9.17) is 16.7 Å². The number of aromatic carboxylic acids is 2. The van der Waals surface area contributed by atoms with Crippen LogP contribution in [-0.4, -0.2) is 37.1 Å². The van der Waals surface area contributed by atoms with Crippen molar-refractivity contribution >= 4 is 39.3 Å². The average molecular weight is 398 g/mol. The van der Waals surface area contributed by atoms with Crippen molar-refractivity contribution < 1.29 is 28.2 Å². The molecule has 0 saturated carbocycles. The first kappa shape index (κ1) is 19.7. The molecule has 0 aliphatic carbocycles. The zero-order valence-corrected chi connectivity index (χ0v) is 15.3. The number of hydrogen-bond acceptors (Lipinski definition) is 4. The molecule has 2 aromatic carbocycles. The third-order valence-corrected chi connectivity index (χ3v) is 5.87. The van der Waals surface area contributed by atoms with Crippen LogP contribution in [0.4, 0.5) is 5.69 Å². The molecule has 2 rings (SSSR count). The molecule has 0 atom stereocenters. The number of nitrogens with zero attached hydrogens (tertiary/aromatic N) is 1. The van der Waals surface area contributed by atoms with E-state index in [0.29, 0.717) is 6.42 Å². The lowest BCUT2D eigenvalue weighted by Gasteiger charge is -2.26. The van der Waals surface area contributed by atoms with E-state index in [9.17, 15) is 23.1 Å².